The van der Waals surface area contributed by atoms with Gasteiger partial charge in [-0.3, -0.25) is 4.79 Å². The Balaban J connectivity index is 2.08. The summed E-state index contributed by atoms with van der Waals surface area (Å²) in [6.07, 6.45) is 0. The maximum Gasteiger partial charge on any atom is 0.341 e. The molecule has 1 heterocycles. The quantitative estimate of drug-likeness (QED) is 0.579. The Labute approximate surface area is 142 Å². The second kappa shape index (κ2) is 7.08. The summed E-state index contributed by atoms with van der Waals surface area (Å²) >= 11 is 3.11. The molecule has 2 aromatic rings. The number of esters is 1. The molecule has 122 valence electrons. The normalized spacial score (nSPS) is 10.7. The van der Waals surface area contributed by atoms with Gasteiger partial charge in [-0.05, 0) is 45.0 Å². The minimum atomic E-state index is -0.854. The van der Waals surface area contributed by atoms with Crippen LogP contribution in [0, 0.1) is 19.7 Å². The van der Waals surface area contributed by atoms with Crippen LogP contribution in [0.25, 0.3) is 0 Å². The second-order valence-electron chi connectivity index (χ2n) is 5.15. The van der Waals surface area contributed by atoms with Crippen molar-refractivity contribution in [3.05, 3.63) is 57.1 Å². The molecule has 0 bridgehead atoms. The molecule has 0 fully saturated rings. The first-order chi connectivity index (χ1) is 10.8. The van der Waals surface area contributed by atoms with Gasteiger partial charge in [0.05, 0.1) is 5.56 Å². The number of Topliss-reactive ketones (excluding diaryl/α,β-unsaturated/α-hetero) is 1. The highest BCUT2D eigenvalue weighted by atomic mass is 79.9. The zero-order valence-electron chi connectivity index (χ0n) is 13.2. The first kappa shape index (κ1) is 17.4. The summed E-state index contributed by atoms with van der Waals surface area (Å²) in [5.74, 6) is -1.85. The Morgan fingerprint density at radius 1 is 1.22 bits per heavy atom. The molecule has 2 rings (SSSR count). The lowest BCUT2D eigenvalue weighted by atomic mass is 10.1. The van der Waals surface area contributed by atoms with Gasteiger partial charge in [0, 0.05) is 28.0 Å². The third-order valence-corrected chi connectivity index (χ3v) is 4.17. The molecule has 4 nitrogen and oxygen atoms in total. The molecular formula is C17H17BrFNO3. The number of aromatic nitrogens is 1. The van der Waals surface area contributed by atoms with Crippen LogP contribution in [0.4, 0.5) is 4.39 Å². The highest BCUT2D eigenvalue weighted by molar-refractivity contribution is 9.10. The van der Waals surface area contributed by atoms with Gasteiger partial charge in [-0.15, -0.1) is 0 Å². The van der Waals surface area contributed by atoms with E-state index in [4.69, 9.17) is 4.74 Å². The van der Waals surface area contributed by atoms with Crippen molar-refractivity contribution in [2.24, 2.45) is 0 Å². The summed E-state index contributed by atoms with van der Waals surface area (Å²) in [6.45, 7) is 6.10. The van der Waals surface area contributed by atoms with Crippen LogP contribution in [-0.4, -0.2) is 22.9 Å². The smallest absolute Gasteiger partial charge is 0.341 e. The molecule has 6 heteroatoms. The number of hydrogen-bond acceptors (Lipinski definition) is 3. The van der Waals surface area contributed by atoms with Crippen molar-refractivity contribution in [1.82, 2.24) is 4.57 Å². The fourth-order valence-corrected chi connectivity index (χ4v) is 2.84. The van der Waals surface area contributed by atoms with Crippen LogP contribution in [0.3, 0.4) is 0 Å². The largest absolute Gasteiger partial charge is 0.454 e. The van der Waals surface area contributed by atoms with Crippen LogP contribution in [0.1, 0.15) is 39.0 Å². The lowest BCUT2D eigenvalue weighted by Gasteiger charge is -2.07. The summed E-state index contributed by atoms with van der Waals surface area (Å²) in [6, 6.07) is 5.80. The number of benzene rings is 1. The topological polar surface area (TPSA) is 48.3 Å². The van der Waals surface area contributed by atoms with E-state index in [2.05, 4.69) is 15.9 Å². The highest BCUT2D eigenvalue weighted by Crippen LogP contribution is 2.18. The summed E-state index contributed by atoms with van der Waals surface area (Å²) in [4.78, 5) is 24.1. The molecule has 0 unspecified atom stereocenters. The number of ether oxygens (including phenoxy) is 1. The lowest BCUT2D eigenvalue weighted by molar-refractivity contribution is 0.0470. The van der Waals surface area contributed by atoms with Crippen LogP contribution in [0.5, 0.6) is 0 Å². The van der Waals surface area contributed by atoms with E-state index in [0.29, 0.717) is 10.0 Å². The Hall–Kier alpha value is -1.95. The summed E-state index contributed by atoms with van der Waals surface area (Å²) in [5.41, 5.74) is 2.13. The number of carbonyl (C=O) groups is 2. The SMILES string of the molecule is CCn1c(C)cc(C(=O)COC(=O)c2ccc(Br)cc2F)c1C. The number of halogens is 2. The molecule has 0 amide bonds. The Bertz CT molecular complexity index is 767. The zero-order chi connectivity index (χ0) is 17.1. The average molecular weight is 382 g/mol. The summed E-state index contributed by atoms with van der Waals surface area (Å²) in [7, 11) is 0. The number of nitrogens with zero attached hydrogens (tertiary/aromatic N) is 1. The van der Waals surface area contributed by atoms with E-state index in [9.17, 15) is 14.0 Å². The number of ketones is 1. The molecule has 1 aromatic carbocycles. The van der Waals surface area contributed by atoms with Gasteiger partial charge >= 0.3 is 5.97 Å². The second-order valence-corrected chi connectivity index (χ2v) is 6.07. The minimum Gasteiger partial charge on any atom is -0.454 e. The van der Waals surface area contributed by atoms with Gasteiger partial charge in [0.1, 0.15) is 5.82 Å². The summed E-state index contributed by atoms with van der Waals surface area (Å²) in [5, 5.41) is 0. The van der Waals surface area contributed by atoms with Gasteiger partial charge in [-0.1, -0.05) is 15.9 Å². The van der Waals surface area contributed by atoms with Gasteiger partial charge in [0.2, 0.25) is 5.78 Å². The highest BCUT2D eigenvalue weighted by Gasteiger charge is 2.19. The molecule has 0 radical (unpaired) electrons. The zero-order valence-corrected chi connectivity index (χ0v) is 14.7. The van der Waals surface area contributed by atoms with Gasteiger partial charge in [0.15, 0.2) is 6.61 Å². The Morgan fingerprint density at radius 2 is 1.91 bits per heavy atom. The molecule has 0 aliphatic carbocycles. The lowest BCUT2D eigenvalue weighted by Crippen LogP contribution is -2.16. The van der Waals surface area contributed by atoms with Crippen LogP contribution in [0.15, 0.2) is 28.7 Å². The van der Waals surface area contributed by atoms with Crippen LogP contribution in [-0.2, 0) is 11.3 Å². The average Bonchev–Trinajstić information content (AvgIpc) is 2.78. The van der Waals surface area contributed by atoms with E-state index in [-0.39, 0.29) is 11.3 Å². The standard InChI is InChI=1S/C17H17BrFNO3/c1-4-20-10(2)7-14(11(20)3)16(21)9-23-17(22)13-6-5-12(18)8-15(13)19/h5-8H,4,9H2,1-3H3. The molecule has 0 atom stereocenters. The molecule has 0 aliphatic heterocycles. The summed E-state index contributed by atoms with van der Waals surface area (Å²) < 4.78 is 21.2. The third-order valence-electron chi connectivity index (χ3n) is 3.68. The van der Waals surface area contributed by atoms with E-state index < -0.39 is 18.4 Å². The molecule has 1 aromatic heterocycles. The van der Waals surface area contributed by atoms with E-state index in [1.165, 1.54) is 18.2 Å². The number of rotatable bonds is 5. The van der Waals surface area contributed by atoms with Crippen LogP contribution >= 0.6 is 15.9 Å². The molecule has 0 spiro atoms. The van der Waals surface area contributed by atoms with Gasteiger partial charge in [-0.25, -0.2) is 9.18 Å². The molecule has 0 saturated heterocycles. The van der Waals surface area contributed by atoms with Gasteiger partial charge in [0.25, 0.3) is 0 Å². The molecule has 23 heavy (non-hydrogen) atoms. The number of aryl methyl sites for hydroxylation is 1. The van der Waals surface area contributed by atoms with Crippen molar-refractivity contribution in [2.75, 3.05) is 6.61 Å². The molecular weight excluding hydrogens is 365 g/mol. The Kier molecular flexibility index (Phi) is 5.36. The van der Waals surface area contributed by atoms with Crippen molar-refractivity contribution >= 4 is 27.7 Å². The van der Waals surface area contributed by atoms with Crippen molar-refractivity contribution in [1.29, 1.82) is 0 Å². The first-order valence-corrected chi connectivity index (χ1v) is 7.96. The van der Waals surface area contributed by atoms with E-state index in [1.807, 2.05) is 25.3 Å². The van der Waals surface area contributed by atoms with E-state index >= 15 is 0 Å². The number of hydrogen-bond donors (Lipinski definition) is 0. The predicted octanol–water partition coefficient (Wildman–Crippen LogP) is 4.07. The maximum atomic E-state index is 13.7. The van der Waals surface area contributed by atoms with Crippen LogP contribution in [0.2, 0.25) is 0 Å². The fourth-order valence-electron chi connectivity index (χ4n) is 2.51. The third kappa shape index (κ3) is 3.69. The monoisotopic (exact) mass is 381 g/mol. The van der Waals surface area contributed by atoms with Crippen molar-refractivity contribution in [2.45, 2.75) is 27.3 Å². The van der Waals surface area contributed by atoms with E-state index in [0.717, 1.165) is 17.9 Å². The molecule has 0 N–H and O–H groups in total. The molecule has 0 saturated carbocycles. The van der Waals surface area contributed by atoms with Crippen molar-refractivity contribution in [3.8, 4) is 0 Å². The molecule has 0 aliphatic rings. The van der Waals surface area contributed by atoms with Gasteiger partial charge in [-0.2, -0.15) is 0 Å². The predicted molar refractivity (Wildman–Crippen MR) is 88.3 cm³/mol. The number of carbonyl (C=O) groups excluding carboxylic acids is 2. The van der Waals surface area contributed by atoms with Crippen molar-refractivity contribution in [3.63, 3.8) is 0 Å². The van der Waals surface area contributed by atoms with Crippen LogP contribution < -0.4 is 0 Å². The van der Waals surface area contributed by atoms with E-state index in [1.54, 1.807) is 6.07 Å². The minimum absolute atomic E-state index is 0.194. The Morgan fingerprint density at radius 3 is 2.48 bits per heavy atom. The maximum absolute atomic E-state index is 13.7. The fraction of sp³-hybridized carbons (Fsp3) is 0.294. The van der Waals surface area contributed by atoms with Gasteiger partial charge < -0.3 is 9.30 Å². The first-order valence-electron chi connectivity index (χ1n) is 7.17. The van der Waals surface area contributed by atoms with Crippen molar-refractivity contribution < 1.29 is 18.7 Å².